The van der Waals surface area contributed by atoms with E-state index in [1.165, 1.54) is 35.8 Å². The van der Waals surface area contributed by atoms with Crippen LogP contribution in [-0.2, 0) is 0 Å². The van der Waals surface area contributed by atoms with Crippen molar-refractivity contribution in [2.45, 2.75) is 37.8 Å². The molecule has 0 aliphatic heterocycles. The Morgan fingerprint density at radius 3 is 2.59 bits per heavy atom. The van der Waals surface area contributed by atoms with Gasteiger partial charge in [0.05, 0.1) is 13.7 Å². The van der Waals surface area contributed by atoms with Gasteiger partial charge in [0.2, 0.25) is 0 Å². The first-order valence-corrected chi connectivity index (χ1v) is 10.9. The van der Waals surface area contributed by atoms with Gasteiger partial charge < -0.3 is 14.5 Å². The van der Waals surface area contributed by atoms with Gasteiger partial charge in [0, 0.05) is 25.2 Å². The van der Waals surface area contributed by atoms with Crippen molar-refractivity contribution in [3.63, 3.8) is 0 Å². The minimum Gasteiger partial charge on any atom is -0.493 e. The second-order valence-electron chi connectivity index (χ2n) is 8.40. The van der Waals surface area contributed by atoms with E-state index >= 15 is 0 Å². The predicted molar refractivity (Wildman–Crippen MR) is 120 cm³/mol. The van der Waals surface area contributed by atoms with Gasteiger partial charge in [-0.2, -0.15) is 0 Å². The van der Waals surface area contributed by atoms with Crippen LogP contribution in [0.2, 0.25) is 0 Å². The molecule has 1 amide bonds. The fraction of sp³-hybridized carbons (Fsp3) is 0.391. The molecule has 0 bridgehead atoms. The van der Waals surface area contributed by atoms with E-state index in [0.29, 0.717) is 5.65 Å². The van der Waals surface area contributed by atoms with Crippen LogP contribution in [0, 0.1) is 17.7 Å². The summed E-state index contributed by atoms with van der Waals surface area (Å²) in [7, 11) is 2.86. The molecule has 0 saturated heterocycles. The Hall–Kier alpha value is -4.07. The number of rotatable bonds is 5. The number of nitrogens with one attached hydrogen (secondary N) is 1. The maximum atomic E-state index is 13.5. The van der Waals surface area contributed by atoms with Gasteiger partial charge >= 0.3 is 11.8 Å². The zero-order valence-electron chi connectivity index (χ0n) is 18.6. The van der Waals surface area contributed by atoms with Crippen LogP contribution in [0.15, 0.2) is 27.8 Å². The number of aromatic amines is 1. The van der Waals surface area contributed by atoms with Crippen molar-refractivity contribution < 1.29 is 18.7 Å². The summed E-state index contributed by atoms with van der Waals surface area (Å²) in [5.41, 5.74) is -0.133. The largest absolute Gasteiger partial charge is 0.493 e. The Labute approximate surface area is 192 Å². The Morgan fingerprint density at radius 2 is 1.91 bits per heavy atom. The first-order chi connectivity index (χ1) is 16.4. The van der Waals surface area contributed by atoms with E-state index in [1.54, 1.807) is 4.57 Å². The number of hydrogen-bond acceptors (Lipinski definition) is 6. The summed E-state index contributed by atoms with van der Waals surface area (Å²) in [5, 5.41) is 0. The number of carbonyl (C=O) groups is 1. The molecule has 1 N–H and O–H groups in total. The highest BCUT2D eigenvalue weighted by Gasteiger charge is 2.34. The molecule has 176 valence electrons. The molecular weight excluding hydrogens is 445 g/mol. The maximum Gasteiger partial charge on any atom is 0.415 e. The van der Waals surface area contributed by atoms with E-state index in [1.807, 2.05) is 0 Å². The van der Waals surface area contributed by atoms with Crippen LogP contribution < -0.4 is 20.7 Å². The number of carbonyl (C=O) groups excluding carboxylic acids is 1. The fourth-order valence-electron chi connectivity index (χ4n) is 3.69. The Balaban J connectivity index is 1.36. The van der Waals surface area contributed by atoms with Crippen molar-refractivity contribution in [1.29, 1.82) is 0 Å². The van der Waals surface area contributed by atoms with Crippen LogP contribution >= 0.6 is 0 Å². The molecule has 2 aliphatic carbocycles. The summed E-state index contributed by atoms with van der Waals surface area (Å²) in [4.78, 5) is 46.7. The average molecular weight is 467 g/mol. The van der Waals surface area contributed by atoms with Gasteiger partial charge in [-0.25, -0.2) is 19.0 Å². The molecular formula is C23H22FN5O5. The van der Waals surface area contributed by atoms with Gasteiger partial charge in [-0.3, -0.25) is 18.8 Å². The van der Waals surface area contributed by atoms with Gasteiger partial charge in [0.1, 0.15) is 5.82 Å². The molecule has 2 saturated carbocycles. The fourth-order valence-corrected chi connectivity index (χ4v) is 3.69. The number of nitrogens with zero attached hydrogens (tertiary/aromatic N) is 4. The molecule has 1 aromatic carbocycles. The minimum absolute atomic E-state index is 0.0186. The summed E-state index contributed by atoms with van der Waals surface area (Å²) in [5.74, 6) is 5.42. The van der Waals surface area contributed by atoms with Crippen molar-refractivity contribution in [3.8, 4) is 23.3 Å². The molecule has 3 aromatic rings. The van der Waals surface area contributed by atoms with Crippen LogP contribution in [0.4, 0.5) is 9.18 Å². The predicted octanol–water partition coefficient (Wildman–Crippen LogP) is 2.19. The van der Waals surface area contributed by atoms with Gasteiger partial charge in [0.15, 0.2) is 28.5 Å². The number of aromatic nitrogens is 4. The van der Waals surface area contributed by atoms with E-state index in [0.717, 1.165) is 31.7 Å². The molecule has 34 heavy (non-hydrogen) atoms. The highest BCUT2D eigenvalue weighted by Crippen LogP contribution is 2.36. The summed E-state index contributed by atoms with van der Waals surface area (Å²) in [6, 6.07) is 3.60. The van der Waals surface area contributed by atoms with E-state index in [4.69, 9.17) is 9.47 Å². The highest BCUT2D eigenvalue weighted by molar-refractivity contribution is 5.72. The first-order valence-electron chi connectivity index (χ1n) is 10.9. The Kier molecular flexibility index (Phi) is 5.36. The number of H-pyrrole nitrogens is 1. The van der Waals surface area contributed by atoms with E-state index in [2.05, 4.69) is 21.8 Å². The van der Waals surface area contributed by atoms with E-state index < -0.39 is 11.9 Å². The standard InChI is InChI=1S/C23H22FN5O5/c1-27(23(32)34-17-12-13(24)5-10-16(17)33-2)11-3-4-18-25-19-20(26-18)28(14-6-7-14)22(31)29(21(19)30)15-8-9-15/h5,10,12,14-15H,6-9,11H2,1-2H3,(H,25,26). The normalized spacial score (nSPS) is 15.0. The zero-order chi connectivity index (χ0) is 24.0. The van der Waals surface area contributed by atoms with Gasteiger partial charge in [-0.15, -0.1) is 0 Å². The molecule has 0 unspecified atom stereocenters. The number of benzene rings is 1. The maximum absolute atomic E-state index is 13.5. The van der Waals surface area contributed by atoms with Crippen molar-refractivity contribution in [2.75, 3.05) is 20.7 Å². The zero-order valence-corrected chi connectivity index (χ0v) is 18.6. The molecule has 11 heteroatoms. The van der Waals surface area contributed by atoms with Crippen LogP contribution in [0.5, 0.6) is 11.5 Å². The quantitative estimate of drug-likeness (QED) is 0.576. The number of fused-ring (bicyclic) bond motifs is 1. The van der Waals surface area contributed by atoms with Crippen molar-refractivity contribution in [2.24, 2.45) is 0 Å². The molecule has 2 heterocycles. The van der Waals surface area contributed by atoms with E-state index in [9.17, 15) is 18.8 Å². The van der Waals surface area contributed by atoms with Crippen LogP contribution in [0.1, 0.15) is 43.6 Å². The second kappa shape index (κ2) is 8.37. The lowest BCUT2D eigenvalue weighted by molar-refractivity contribution is 0.166. The Morgan fingerprint density at radius 1 is 1.21 bits per heavy atom. The monoisotopic (exact) mass is 467 g/mol. The third kappa shape index (κ3) is 4.03. The molecule has 10 nitrogen and oxygen atoms in total. The number of hydrogen-bond donors (Lipinski definition) is 1. The molecule has 0 radical (unpaired) electrons. The van der Waals surface area contributed by atoms with Crippen molar-refractivity contribution in [1.82, 2.24) is 24.0 Å². The SMILES string of the molecule is COc1ccc(F)cc1OC(=O)N(C)CC#Cc1nc2c([nH]1)c(=O)n(C1CC1)c(=O)n2C1CC1. The summed E-state index contributed by atoms with van der Waals surface area (Å²) in [6.07, 6.45) is 2.62. The number of amides is 1. The van der Waals surface area contributed by atoms with Gasteiger partial charge in [-0.05, 0) is 43.7 Å². The summed E-state index contributed by atoms with van der Waals surface area (Å²) in [6.45, 7) is -0.0186. The third-order valence-electron chi connectivity index (χ3n) is 5.74. The van der Waals surface area contributed by atoms with E-state index in [-0.39, 0.29) is 52.7 Å². The van der Waals surface area contributed by atoms with Gasteiger partial charge in [0.25, 0.3) is 5.56 Å². The summed E-state index contributed by atoms with van der Waals surface area (Å²) < 4.78 is 26.7. The minimum atomic E-state index is -0.752. The molecule has 5 rings (SSSR count). The Bertz CT molecular complexity index is 1470. The molecule has 2 aromatic heterocycles. The number of imidazole rings is 1. The molecule has 2 fully saturated rings. The highest BCUT2D eigenvalue weighted by atomic mass is 19.1. The van der Waals surface area contributed by atoms with Crippen LogP contribution in [0.3, 0.4) is 0 Å². The third-order valence-corrected chi connectivity index (χ3v) is 5.74. The molecule has 0 atom stereocenters. The smallest absolute Gasteiger partial charge is 0.415 e. The van der Waals surface area contributed by atoms with Gasteiger partial charge in [-0.1, -0.05) is 5.92 Å². The van der Waals surface area contributed by atoms with Crippen LogP contribution in [-0.4, -0.2) is 50.8 Å². The number of ether oxygens (including phenoxy) is 2. The number of methoxy groups -OCH3 is 1. The topological polar surface area (TPSA) is 111 Å². The van der Waals surface area contributed by atoms with Crippen LogP contribution in [0.25, 0.3) is 11.2 Å². The van der Waals surface area contributed by atoms with Crippen molar-refractivity contribution in [3.05, 3.63) is 50.7 Å². The lowest BCUT2D eigenvalue weighted by atomic mass is 10.3. The average Bonchev–Trinajstić information content (AvgIpc) is 3.73. The lowest BCUT2D eigenvalue weighted by Crippen LogP contribution is -2.39. The second-order valence-corrected chi connectivity index (χ2v) is 8.40. The lowest BCUT2D eigenvalue weighted by Gasteiger charge is -2.15. The first kappa shape index (κ1) is 21.8. The molecule has 0 spiro atoms. The van der Waals surface area contributed by atoms with Crippen molar-refractivity contribution >= 4 is 17.3 Å². The molecule has 2 aliphatic rings. The number of halogens is 1. The summed E-state index contributed by atoms with van der Waals surface area (Å²) >= 11 is 0.